The van der Waals surface area contributed by atoms with Gasteiger partial charge in [-0.25, -0.2) is 0 Å². The van der Waals surface area contributed by atoms with Crippen LogP contribution in [-0.2, 0) is 16.6 Å². The van der Waals surface area contributed by atoms with E-state index in [1.807, 2.05) is 12.1 Å². The number of sulfonamides is 1. The predicted molar refractivity (Wildman–Crippen MR) is 117 cm³/mol. The van der Waals surface area contributed by atoms with Gasteiger partial charge in [-0.2, -0.15) is 8.42 Å². The van der Waals surface area contributed by atoms with Crippen LogP contribution < -0.4 is 15.8 Å². The molecule has 1 saturated carbocycles. The highest BCUT2D eigenvalue weighted by Gasteiger charge is 2.28. The summed E-state index contributed by atoms with van der Waals surface area (Å²) >= 11 is 0. The largest absolute Gasteiger partial charge is 0.447 e. The van der Waals surface area contributed by atoms with E-state index in [2.05, 4.69) is 17.0 Å². The number of primary amides is 1. The Hall–Kier alpha value is -2.32. The third-order valence-corrected chi connectivity index (χ3v) is 7.20. The van der Waals surface area contributed by atoms with E-state index in [-0.39, 0.29) is 22.0 Å². The highest BCUT2D eigenvalue weighted by Crippen LogP contribution is 2.30. The van der Waals surface area contributed by atoms with Crippen molar-refractivity contribution in [3.05, 3.63) is 46.7 Å². The first kappa shape index (κ1) is 22.4. The summed E-state index contributed by atoms with van der Waals surface area (Å²) in [7, 11) is -4.01. The van der Waals surface area contributed by atoms with Gasteiger partial charge in [-0.05, 0) is 44.7 Å². The van der Waals surface area contributed by atoms with E-state index in [1.54, 1.807) is 12.1 Å². The number of amides is 1. The van der Waals surface area contributed by atoms with Crippen LogP contribution in [0.25, 0.3) is 0 Å². The number of carbonyl (C=O) groups excluding carboxylic acids is 1. The molecule has 164 valence electrons. The highest BCUT2D eigenvalue weighted by molar-refractivity contribution is 7.92. The van der Waals surface area contributed by atoms with Crippen LogP contribution in [0.3, 0.4) is 0 Å². The Balaban J connectivity index is 1.74. The zero-order chi connectivity index (χ0) is 21.9. The molecule has 0 spiro atoms. The number of para-hydroxylation sites is 1. The van der Waals surface area contributed by atoms with Gasteiger partial charge in [-0.1, -0.05) is 43.9 Å². The molecule has 8 heteroatoms. The number of hydrogen-bond acceptors (Lipinski definition) is 5. The van der Waals surface area contributed by atoms with Crippen LogP contribution in [0.15, 0.2) is 33.8 Å². The SMILES string of the molecule is Cc1oc(S(=O)(=O)Nc2ccccc2CN[C@@H](C)CC2CCCC2)c(C)c1C(N)=O. The fourth-order valence-electron chi connectivity index (χ4n) is 4.33. The maximum absolute atomic E-state index is 13.0. The molecule has 0 aliphatic heterocycles. The number of nitrogens with two attached hydrogens (primary N) is 1. The molecule has 0 saturated heterocycles. The smallest absolute Gasteiger partial charge is 0.295 e. The van der Waals surface area contributed by atoms with Gasteiger partial charge in [0, 0.05) is 18.2 Å². The Morgan fingerprint density at radius 2 is 1.90 bits per heavy atom. The predicted octanol–water partition coefficient (Wildman–Crippen LogP) is 3.85. The van der Waals surface area contributed by atoms with Crippen LogP contribution in [0.4, 0.5) is 5.69 Å². The molecule has 3 rings (SSSR count). The Morgan fingerprint density at radius 3 is 2.53 bits per heavy atom. The monoisotopic (exact) mass is 433 g/mol. The van der Waals surface area contributed by atoms with Crippen molar-refractivity contribution in [2.75, 3.05) is 4.72 Å². The Bertz CT molecular complexity index is 1010. The normalized spacial score (nSPS) is 16.0. The summed E-state index contributed by atoms with van der Waals surface area (Å²) in [5, 5.41) is 3.23. The van der Waals surface area contributed by atoms with Crippen LogP contribution in [0, 0.1) is 19.8 Å². The zero-order valence-electron chi connectivity index (χ0n) is 17.8. The number of furan rings is 1. The van der Waals surface area contributed by atoms with Gasteiger partial charge >= 0.3 is 0 Å². The number of rotatable bonds is 9. The van der Waals surface area contributed by atoms with Crippen molar-refractivity contribution in [2.24, 2.45) is 11.7 Å². The number of anilines is 1. The lowest BCUT2D eigenvalue weighted by Crippen LogP contribution is -2.28. The molecule has 1 amide bonds. The fourth-order valence-corrected chi connectivity index (χ4v) is 5.65. The third kappa shape index (κ3) is 5.05. The van der Waals surface area contributed by atoms with E-state index in [0.717, 1.165) is 17.9 Å². The van der Waals surface area contributed by atoms with E-state index in [0.29, 0.717) is 18.3 Å². The van der Waals surface area contributed by atoms with Crippen LogP contribution >= 0.6 is 0 Å². The molecule has 1 aromatic heterocycles. The first-order chi connectivity index (χ1) is 14.2. The van der Waals surface area contributed by atoms with Gasteiger partial charge in [0.2, 0.25) is 5.09 Å². The van der Waals surface area contributed by atoms with Crippen LogP contribution in [0.5, 0.6) is 0 Å². The summed E-state index contributed by atoms with van der Waals surface area (Å²) < 4.78 is 33.9. The Morgan fingerprint density at radius 1 is 1.23 bits per heavy atom. The average molecular weight is 434 g/mol. The van der Waals surface area contributed by atoms with Crippen LogP contribution in [-0.4, -0.2) is 20.4 Å². The van der Waals surface area contributed by atoms with Gasteiger partial charge in [-0.15, -0.1) is 0 Å². The summed E-state index contributed by atoms with van der Waals surface area (Å²) in [5.41, 5.74) is 6.99. The second-order valence-corrected chi connectivity index (χ2v) is 9.82. The molecule has 4 N–H and O–H groups in total. The van der Waals surface area contributed by atoms with Crippen molar-refractivity contribution < 1.29 is 17.6 Å². The molecular weight excluding hydrogens is 402 g/mol. The lowest BCUT2D eigenvalue weighted by atomic mass is 9.99. The molecule has 1 heterocycles. The third-order valence-electron chi connectivity index (χ3n) is 5.83. The van der Waals surface area contributed by atoms with Crippen molar-refractivity contribution in [1.29, 1.82) is 0 Å². The molecule has 1 aliphatic rings. The van der Waals surface area contributed by atoms with Crippen LogP contribution in [0.2, 0.25) is 0 Å². The Labute approximate surface area is 178 Å². The van der Waals surface area contributed by atoms with Crippen molar-refractivity contribution in [3.8, 4) is 0 Å². The van der Waals surface area contributed by atoms with E-state index in [1.165, 1.54) is 39.5 Å². The molecule has 1 atom stereocenters. The second kappa shape index (κ2) is 9.22. The minimum Gasteiger partial charge on any atom is -0.447 e. The number of hydrogen-bond donors (Lipinski definition) is 3. The average Bonchev–Trinajstić information content (AvgIpc) is 3.28. The molecule has 7 nitrogen and oxygen atoms in total. The first-order valence-electron chi connectivity index (χ1n) is 10.4. The minimum atomic E-state index is -4.01. The van der Waals surface area contributed by atoms with E-state index < -0.39 is 15.9 Å². The molecule has 1 aliphatic carbocycles. The fraction of sp³-hybridized carbons (Fsp3) is 0.500. The van der Waals surface area contributed by atoms with Crippen molar-refractivity contribution in [2.45, 2.75) is 70.6 Å². The zero-order valence-corrected chi connectivity index (χ0v) is 18.6. The summed E-state index contributed by atoms with van der Waals surface area (Å²) in [5.74, 6) is 0.262. The quantitative estimate of drug-likeness (QED) is 0.556. The molecule has 1 aromatic carbocycles. The molecular formula is C22H31N3O4S. The Kier molecular flexibility index (Phi) is 6.88. The van der Waals surface area contributed by atoms with Gasteiger partial charge in [0.1, 0.15) is 5.76 Å². The number of carbonyl (C=O) groups is 1. The minimum absolute atomic E-state index is 0.103. The van der Waals surface area contributed by atoms with Gasteiger partial charge in [0.05, 0.1) is 11.3 Å². The summed E-state index contributed by atoms with van der Waals surface area (Å²) in [4.78, 5) is 11.6. The van der Waals surface area contributed by atoms with Crippen molar-refractivity contribution >= 4 is 21.6 Å². The maximum atomic E-state index is 13.0. The van der Waals surface area contributed by atoms with Crippen molar-refractivity contribution in [3.63, 3.8) is 0 Å². The lowest BCUT2D eigenvalue weighted by molar-refractivity contribution is 0.0998. The molecule has 0 bridgehead atoms. The summed E-state index contributed by atoms with van der Waals surface area (Å²) in [6, 6.07) is 7.62. The number of aryl methyl sites for hydroxylation is 1. The summed E-state index contributed by atoms with van der Waals surface area (Å²) in [6.45, 7) is 5.76. The maximum Gasteiger partial charge on any atom is 0.295 e. The van der Waals surface area contributed by atoms with Gasteiger partial charge in [-0.3, -0.25) is 9.52 Å². The van der Waals surface area contributed by atoms with Crippen molar-refractivity contribution in [1.82, 2.24) is 5.32 Å². The van der Waals surface area contributed by atoms with E-state index in [4.69, 9.17) is 10.2 Å². The molecule has 0 unspecified atom stereocenters. The van der Waals surface area contributed by atoms with Gasteiger partial charge in [0.15, 0.2) is 0 Å². The molecule has 0 radical (unpaired) electrons. The highest BCUT2D eigenvalue weighted by atomic mass is 32.2. The van der Waals surface area contributed by atoms with E-state index in [9.17, 15) is 13.2 Å². The van der Waals surface area contributed by atoms with E-state index >= 15 is 0 Å². The number of benzene rings is 1. The van der Waals surface area contributed by atoms with Crippen LogP contribution in [0.1, 0.15) is 66.3 Å². The molecule has 1 fully saturated rings. The van der Waals surface area contributed by atoms with Gasteiger partial charge in [0.25, 0.3) is 15.9 Å². The van der Waals surface area contributed by atoms with Gasteiger partial charge < -0.3 is 15.5 Å². The second-order valence-electron chi connectivity index (χ2n) is 8.24. The molecule has 2 aromatic rings. The first-order valence-corrected chi connectivity index (χ1v) is 11.9. The number of nitrogens with one attached hydrogen (secondary N) is 2. The lowest BCUT2D eigenvalue weighted by Gasteiger charge is -2.19. The topological polar surface area (TPSA) is 114 Å². The molecule has 30 heavy (non-hydrogen) atoms. The summed E-state index contributed by atoms with van der Waals surface area (Å²) in [6.07, 6.45) is 6.39. The standard InChI is InChI=1S/C22H31N3O4S/c1-14(12-17-8-4-5-9-17)24-13-18-10-6-7-11-19(18)25-30(27,28)22-15(2)20(21(23)26)16(3)29-22/h6-7,10-11,14,17,24-25H,4-5,8-9,12-13H2,1-3H3,(H2,23,26)/t14-/m0/s1.